The van der Waals surface area contributed by atoms with E-state index in [1.165, 1.54) is 0 Å². The molecule has 0 aliphatic heterocycles. The fraction of sp³-hybridized carbons (Fsp3) is 0.400. The van der Waals surface area contributed by atoms with Crippen molar-refractivity contribution in [2.24, 2.45) is 5.92 Å². The normalized spacial score (nSPS) is 11.9. The average Bonchev–Trinajstić information content (AvgIpc) is 2.98. The van der Waals surface area contributed by atoms with Crippen LogP contribution in [-0.2, 0) is 13.1 Å². The van der Waals surface area contributed by atoms with E-state index in [-0.39, 0.29) is 6.03 Å². The third-order valence-corrected chi connectivity index (χ3v) is 3.13. The maximum absolute atomic E-state index is 12.0. The topological polar surface area (TPSA) is 63.1 Å². The largest absolute Gasteiger partial charge is 0.338 e. The van der Waals surface area contributed by atoms with Gasteiger partial charge in [0.2, 0.25) is 0 Å². The zero-order valence-corrected chi connectivity index (χ0v) is 12.4. The van der Waals surface area contributed by atoms with Crippen LogP contribution in [0.15, 0.2) is 42.9 Å². The van der Waals surface area contributed by atoms with Crippen LogP contribution < -0.4 is 5.32 Å². The highest BCUT2D eigenvalue weighted by Gasteiger charge is 2.11. The van der Waals surface area contributed by atoms with Crippen molar-refractivity contribution in [3.05, 3.63) is 48.5 Å². The smallest absolute Gasteiger partial charge is 0.317 e. The number of urea groups is 1. The Balaban J connectivity index is 1.73. The van der Waals surface area contributed by atoms with Crippen molar-refractivity contribution >= 4 is 6.03 Å². The second-order valence-electron chi connectivity index (χ2n) is 5.20. The van der Waals surface area contributed by atoms with Crippen LogP contribution in [0, 0.1) is 5.92 Å². The summed E-state index contributed by atoms with van der Waals surface area (Å²) in [5.74, 6) is 0.317. The molecule has 2 aromatic rings. The van der Waals surface area contributed by atoms with Gasteiger partial charge in [0.1, 0.15) is 0 Å². The highest BCUT2D eigenvalue weighted by atomic mass is 16.2. The molecule has 21 heavy (non-hydrogen) atoms. The maximum Gasteiger partial charge on any atom is 0.317 e. The lowest BCUT2D eigenvalue weighted by Gasteiger charge is -2.19. The highest BCUT2D eigenvalue weighted by molar-refractivity contribution is 5.73. The zero-order chi connectivity index (χ0) is 15.1. The quantitative estimate of drug-likeness (QED) is 0.880. The Labute approximate surface area is 124 Å². The molecule has 0 radical (unpaired) electrons. The molecule has 0 spiro atoms. The fourth-order valence-corrected chi connectivity index (χ4v) is 2.00. The third-order valence-electron chi connectivity index (χ3n) is 3.13. The molecule has 112 valence electrons. The van der Waals surface area contributed by atoms with Crippen molar-refractivity contribution in [2.45, 2.75) is 20.0 Å². The van der Waals surface area contributed by atoms with Crippen LogP contribution in [0.4, 0.5) is 4.79 Å². The van der Waals surface area contributed by atoms with Gasteiger partial charge in [-0.1, -0.05) is 13.0 Å². The lowest BCUT2D eigenvalue weighted by atomic mass is 10.2. The van der Waals surface area contributed by atoms with Gasteiger partial charge in [0.05, 0.1) is 12.2 Å². The number of carbonyl (C=O) groups excluding carboxylic acids is 1. The Morgan fingerprint density at radius 2 is 2.24 bits per heavy atom. The van der Waals surface area contributed by atoms with E-state index in [0.717, 1.165) is 12.2 Å². The third kappa shape index (κ3) is 4.91. The van der Waals surface area contributed by atoms with Crippen LogP contribution in [-0.4, -0.2) is 39.3 Å². The van der Waals surface area contributed by atoms with Gasteiger partial charge in [-0.2, -0.15) is 5.10 Å². The number of amides is 2. The number of hydrogen-bond acceptors (Lipinski definition) is 3. The molecule has 6 heteroatoms. The van der Waals surface area contributed by atoms with E-state index in [0.29, 0.717) is 19.0 Å². The minimum absolute atomic E-state index is 0.0898. The van der Waals surface area contributed by atoms with Gasteiger partial charge in [-0.05, 0) is 24.1 Å². The summed E-state index contributed by atoms with van der Waals surface area (Å²) in [6, 6.07) is 7.49. The molecule has 2 heterocycles. The van der Waals surface area contributed by atoms with Gasteiger partial charge in [0.15, 0.2) is 0 Å². The highest BCUT2D eigenvalue weighted by Crippen LogP contribution is 2.01. The Kier molecular flexibility index (Phi) is 5.31. The molecule has 2 amide bonds. The summed E-state index contributed by atoms with van der Waals surface area (Å²) < 4.78 is 1.87. The standard InChI is InChI=1S/C15H21N5O/c1-13(11-20-9-5-8-18-20)10-17-15(21)19(2)12-14-6-3-4-7-16-14/h3-9,13H,10-12H2,1-2H3,(H,17,21). The first-order valence-corrected chi connectivity index (χ1v) is 7.01. The maximum atomic E-state index is 12.0. The summed E-state index contributed by atoms with van der Waals surface area (Å²) in [5, 5.41) is 7.09. The molecular formula is C15H21N5O. The Hall–Kier alpha value is -2.37. The van der Waals surface area contributed by atoms with Crippen LogP contribution in [0.25, 0.3) is 0 Å². The summed E-state index contributed by atoms with van der Waals surface area (Å²) >= 11 is 0. The number of carbonyl (C=O) groups is 1. The molecule has 2 aromatic heterocycles. The van der Waals surface area contributed by atoms with Crippen molar-refractivity contribution in [3.8, 4) is 0 Å². The van der Waals surface area contributed by atoms with Crippen LogP contribution in [0.3, 0.4) is 0 Å². The summed E-state index contributed by atoms with van der Waals surface area (Å²) in [6.07, 6.45) is 5.41. The van der Waals surface area contributed by atoms with Gasteiger partial charge in [0, 0.05) is 38.7 Å². The summed E-state index contributed by atoms with van der Waals surface area (Å²) in [4.78, 5) is 17.9. The van der Waals surface area contributed by atoms with Crippen molar-refractivity contribution in [1.82, 2.24) is 25.0 Å². The average molecular weight is 287 g/mol. The number of hydrogen-bond donors (Lipinski definition) is 1. The van der Waals surface area contributed by atoms with Crippen LogP contribution in [0.2, 0.25) is 0 Å². The van der Waals surface area contributed by atoms with E-state index in [1.807, 2.05) is 35.1 Å². The minimum Gasteiger partial charge on any atom is -0.338 e. The molecule has 1 atom stereocenters. The first-order valence-electron chi connectivity index (χ1n) is 7.01. The number of pyridine rings is 1. The summed E-state index contributed by atoms with van der Waals surface area (Å²) in [7, 11) is 1.77. The van der Waals surface area contributed by atoms with E-state index in [9.17, 15) is 4.79 Å². The predicted octanol–water partition coefficient (Wildman–Crippen LogP) is 1.76. The lowest BCUT2D eigenvalue weighted by Crippen LogP contribution is -2.39. The predicted molar refractivity (Wildman–Crippen MR) is 80.5 cm³/mol. The monoisotopic (exact) mass is 287 g/mol. The van der Waals surface area contributed by atoms with E-state index in [4.69, 9.17) is 0 Å². The first-order chi connectivity index (χ1) is 10.1. The van der Waals surface area contributed by atoms with Gasteiger partial charge in [-0.3, -0.25) is 9.67 Å². The second kappa shape index (κ2) is 7.42. The van der Waals surface area contributed by atoms with Crippen LogP contribution in [0.5, 0.6) is 0 Å². The van der Waals surface area contributed by atoms with Crippen molar-refractivity contribution in [2.75, 3.05) is 13.6 Å². The molecule has 0 aliphatic rings. The van der Waals surface area contributed by atoms with E-state index >= 15 is 0 Å². The van der Waals surface area contributed by atoms with Crippen molar-refractivity contribution in [1.29, 1.82) is 0 Å². The van der Waals surface area contributed by atoms with Crippen molar-refractivity contribution in [3.63, 3.8) is 0 Å². The number of aromatic nitrogens is 3. The van der Waals surface area contributed by atoms with Gasteiger partial charge < -0.3 is 10.2 Å². The van der Waals surface area contributed by atoms with Gasteiger partial charge >= 0.3 is 6.03 Å². The summed E-state index contributed by atoms with van der Waals surface area (Å²) in [6.45, 7) is 3.99. The Morgan fingerprint density at radius 1 is 1.38 bits per heavy atom. The molecule has 0 saturated carbocycles. The number of rotatable bonds is 6. The van der Waals surface area contributed by atoms with Gasteiger partial charge in [-0.15, -0.1) is 0 Å². The molecule has 0 saturated heterocycles. The molecule has 1 unspecified atom stereocenters. The zero-order valence-electron chi connectivity index (χ0n) is 12.4. The Bertz CT molecular complexity index is 540. The molecule has 1 N–H and O–H groups in total. The van der Waals surface area contributed by atoms with Crippen LogP contribution in [0.1, 0.15) is 12.6 Å². The first kappa shape index (κ1) is 15.0. The molecule has 6 nitrogen and oxygen atoms in total. The van der Waals surface area contributed by atoms with E-state index in [1.54, 1.807) is 24.3 Å². The van der Waals surface area contributed by atoms with Gasteiger partial charge in [0.25, 0.3) is 0 Å². The fourth-order valence-electron chi connectivity index (χ4n) is 2.00. The lowest BCUT2D eigenvalue weighted by molar-refractivity contribution is 0.204. The van der Waals surface area contributed by atoms with Crippen molar-refractivity contribution < 1.29 is 4.79 Å². The molecular weight excluding hydrogens is 266 g/mol. The Morgan fingerprint density at radius 3 is 2.90 bits per heavy atom. The SMILES string of the molecule is CC(CNC(=O)N(C)Cc1ccccn1)Cn1cccn1. The van der Waals surface area contributed by atoms with E-state index < -0.39 is 0 Å². The van der Waals surface area contributed by atoms with E-state index in [2.05, 4.69) is 22.3 Å². The molecule has 2 rings (SSSR count). The number of nitrogens with zero attached hydrogens (tertiary/aromatic N) is 4. The second-order valence-corrected chi connectivity index (χ2v) is 5.20. The molecule has 0 fully saturated rings. The summed E-state index contributed by atoms with van der Waals surface area (Å²) in [5.41, 5.74) is 0.875. The van der Waals surface area contributed by atoms with Gasteiger partial charge in [-0.25, -0.2) is 4.79 Å². The number of nitrogens with one attached hydrogen (secondary N) is 1. The minimum atomic E-state index is -0.0898. The molecule has 0 bridgehead atoms. The molecule has 0 aliphatic carbocycles. The molecule has 0 aromatic carbocycles. The van der Waals surface area contributed by atoms with Crippen LogP contribution >= 0.6 is 0 Å².